The molecule has 27 heavy (non-hydrogen) atoms. The van der Waals surface area contributed by atoms with Crippen LogP contribution in [0, 0.1) is 0 Å². The summed E-state index contributed by atoms with van der Waals surface area (Å²) >= 11 is 0. The lowest BCUT2D eigenvalue weighted by atomic mass is 9.83. The van der Waals surface area contributed by atoms with Crippen LogP contribution in [0.1, 0.15) is 43.9 Å². The second-order valence-corrected chi connectivity index (χ2v) is 7.33. The molecule has 2 heterocycles. The molecule has 3 unspecified atom stereocenters. The molecule has 1 aromatic carbocycles. The van der Waals surface area contributed by atoms with Gasteiger partial charge in [0.05, 0.1) is 32.3 Å². The van der Waals surface area contributed by atoms with E-state index in [0.29, 0.717) is 5.70 Å². The quantitative estimate of drug-likeness (QED) is 0.584. The van der Waals surface area contributed by atoms with Crippen LogP contribution >= 0.6 is 0 Å². The van der Waals surface area contributed by atoms with E-state index in [1.807, 2.05) is 6.07 Å². The molecule has 146 valence electrons. The molecule has 1 fully saturated rings. The molecule has 3 atom stereocenters. The number of hydrogen-bond acceptors (Lipinski definition) is 5. The summed E-state index contributed by atoms with van der Waals surface area (Å²) in [5, 5.41) is 0. The first kappa shape index (κ1) is 19.3. The first-order valence-electron chi connectivity index (χ1n) is 9.62. The number of ether oxygens (including phenoxy) is 2. The van der Waals surface area contributed by atoms with E-state index in [4.69, 9.17) is 9.47 Å². The Labute approximate surface area is 162 Å². The van der Waals surface area contributed by atoms with Crippen molar-refractivity contribution in [3.63, 3.8) is 0 Å². The second kappa shape index (κ2) is 7.67. The Morgan fingerprint density at radius 1 is 1.33 bits per heavy atom. The molecule has 3 rings (SSSR count). The molecule has 0 bridgehead atoms. The van der Waals surface area contributed by atoms with E-state index in [2.05, 4.69) is 48.9 Å². The first-order valence-corrected chi connectivity index (χ1v) is 9.62. The van der Waals surface area contributed by atoms with E-state index < -0.39 is 0 Å². The topological polar surface area (TPSA) is 42.0 Å². The Kier molecular flexibility index (Phi) is 5.49. The Bertz CT molecular complexity index is 758. The average molecular weight is 370 g/mol. The average Bonchev–Trinajstić information content (AvgIpc) is 2.69. The third-order valence-electron chi connectivity index (χ3n) is 5.91. The SMILES string of the molecule is C=C1C(CCC)N(C(=C)C(=O)OC)C(C)C2c3ccc(OC)cc3CCN12. The molecule has 0 aromatic heterocycles. The number of carbonyl (C=O) groups is 1. The maximum atomic E-state index is 12.3. The number of esters is 1. The monoisotopic (exact) mass is 370 g/mol. The van der Waals surface area contributed by atoms with Gasteiger partial charge in [-0.25, -0.2) is 4.79 Å². The molecule has 0 aliphatic carbocycles. The molecule has 2 aliphatic rings. The molecular weight excluding hydrogens is 340 g/mol. The molecule has 0 N–H and O–H groups in total. The fraction of sp³-hybridized carbons (Fsp3) is 0.500. The first-order chi connectivity index (χ1) is 12.9. The second-order valence-electron chi connectivity index (χ2n) is 7.33. The van der Waals surface area contributed by atoms with Crippen molar-refractivity contribution in [2.45, 2.75) is 51.2 Å². The zero-order valence-corrected chi connectivity index (χ0v) is 16.8. The number of methoxy groups -OCH3 is 2. The fourth-order valence-corrected chi connectivity index (χ4v) is 4.63. The van der Waals surface area contributed by atoms with E-state index >= 15 is 0 Å². The van der Waals surface area contributed by atoms with Gasteiger partial charge in [-0.2, -0.15) is 0 Å². The Hall–Kier alpha value is -2.43. The Balaban J connectivity index is 2.05. The van der Waals surface area contributed by atoms with E-state index in [9.17, 15) is 4.79 Å². The van der Waals surface area contributed by atoms with Crippen LogP contribution in [0.2, 0.25) is 0 Å². The third kappa shape index (κ3) is 3.20. The summed E-state index contributed by atoms with van der Waals surface area (Å²) in [6, 6.07) is 6.55. The highest BCUT2D eigenvalue weighted by atomic mass is 16.5. The zero-order chi connectivity index (χ0) is 19.7. The highest BCUT2D eigenvalue weighted by Crippen LogP contribution is 2.45. The number of hydrogen-bond donors (Lipinski definition) is 0. The van der Waals surface area contributed by atoms with Gasteiger partial charge in [0.2, 0.25) is 0 Å². The molecular formula is C22H30N2O3. The van der Waals surface area contributed by atoms with E-state index in [1.165, 1.54) is 18.2 Å². The van der Waals surface area contributed by atoms with Crippen molar-refractivity contribution in [3.05, 3.63) is 53.9 Å². The van der Waals surface area contributed by atoms with Crippen LogP contribution in [0.25, 0.3) is 0 Å². The summed E-state index contributed by atoms with van der Waals surface area (Å²) in [5.41, 5.74) is 4.04. The molecule has 0 radical (unpaired) electrons. The largest absolute Gasteiger partial charge is 0.497 e. The molecule has 5 heteroatoms. The normalized spacial score (nSPS) is 24.1. The lowest BCUT2D eigenvalue weighted by Gasteiger charge is -2.56. The van der Waals surface area contributed by atoms with Gasteiger partial charge < -0.3 is 19.3 Å². The van der Waals surface area contributed by atoms with E-state index in [1.54, 1.807) is 7.11 Å². The molecule has 5 nitrogen and oxygen atoms in total. The van der Waals surface area contributed by atoms with Crippen molar-refractivity contribution >= 4 is 5.97 Å². The smallest absolute Gasteiger partial charge is 0.353 e. The zero-order valence-electron chi connectivity index (χ0n) is 16.8. The maximum Gasteiger partial charge on any atom is 0.353 e. The van der Waals surface area contributed by atoms with Gasteiger partial charge in [0, 0.05) is 12.2 Å². The van der Waals surface area contributed by atoms with Gasteiger partial charge >= 0.3 is 5.97 Å². The summed E-state index contributed by atoms with van der Waals surface area (Å²) in [5.74, 6) is 0.499. The van der Waals surface area contributed by atoms with Crippen LogP contribution in [0.15, 0.2) is 42.8 Å². The van der Waals surface area contributed by atoms with Gasteiger partial charge in [0.25, 0.3) is 0 Å². The van der Waals surface area contributed by atoms with Gasteiger partial charge in [0.1, 0.15) is 11.4 Å². The summed E-state index contributed by atoms with van der Waals surface area (Å²) < 4.78 is 10.4. The number of benzene rings is 1. The van der Waals surface area contributed by atoms with Crippen molar-refractivity contribution in [3.8, 4) is 5.75 Å². The maximum absolute atomic E-state index is 12.3. The molecule has 0 saturated carbocycles. The van der Waals surface area contributed by atoms with Gasteiger partial charge in [-0.05, 0) is 43.0 Å². The molecule has 1 saturated heterocycles. The van der Waals surface area contributed by atoms with Gasteiger partial charge in [0.15, 0.2) is 0 Å². The van der Waals surface area contributed by atoms with Crippen molar-refractivity contribution in [1.82, 2.24) is 9.80 Å². The minimum Gasteiger partial charge on any atom is -0.497 e. The molecule has 1 aromatic rings. The van der Waals surface area contributed by atoms with Crippen LogP contribution in [0.3, 0.4) is 0 Å². The summed E-state index contributed by atoms with van der Waals surface area (Å²) in [4.78, 5) is 16.8. The van der Waals surface area contributed by atoms with Crippen molar-refractivity contribution in [2.75, 3.05) is 20.8 Å². The summed E-state index contributed by atoms with van der Waals surface area (Å²) in [7, 11) is 3.10. The number of nitrogens with zero attached hydrogens (tertiary/aromatic N) is 2. The number of carbonyl (C=O) groups excluding carboxylic acids is 1. The Morgan fingerprint density at radius 3 is 2.70 bits per heavy atom. The van der Waals surface area contributed by atoms with Gasteiger partial charge in [-0.1, -0.05) is 32.6 Å². The highest BCUT2D eigenvalue weighted by molar-refractivity contribution is 5.87. The third-order valence-corrected chi connectivity index (χ3v) is 5.91. The molecule has 0 spiro atoms. The van der Waals surface area contributed by atoms with Crippen molar-refractivity contribution in [1.29, 1.82) is 0 Å². The molecule has 0 amide bonds. The number of rotatable bonds is 5. The number of fused-ring (bicyclic) bond motifs is 3. The van der Waals surface area contributed by atoms with E-state index in [0.717, 1.165) is 37.3 Å². The van der Waals surface area contributed by atoms with Gasteiger partial charge in [-0.15, -0.1) is 0 Å². The van der Waals surface area contributed by atoms with E-state index in [-0.39, 0.29) is 24.1 Å². The van der Waals surface area contributed by atoms with Crippen LogP contribution in [0.5, 0.6) is 5.75 Å². The van der Waals surface area contributed by atoms with Crippen LogP contribution in [-0.4, -0.2) is 48.6 Å². The Morgan fingerprint density at radius 2 is 2.07 bits per heavy atom. The lowest BCUT2D eigenvalue weighted by molar-refractivity contribution is -0.139. The minimum atomic E-state index is -0.380. The minimum absolute atomic E-state index is 0.0626. The number of piperazine rings is 1. The van der Waals surface area contributed by atoms with Crippen molar-refractivity contribution < 1.29 is 14.3 Å². The van der Waals surface area contributed by atoms with Crippen LogP contribution < -0.4 is 4.74 Å². The predicted molar refractivity (Wildman–Crippen MR) is 106 cm³/mol. The van der Waals surface area contributed by atoms with Crippen LogP contribution in [0.4, 0.5) is 0 Å². The van der Waals surface area contributed by atoms with Crippen molar-refractivity contribution in [2.24, 2.45) is 0 Å². The summed E-state index contributed by atoms with van der Waals surface area (Å²) in [6.45, 7) is 13.7. The summed E-state index contributed by atoms with van der Waals surface area (Å²) in [6.07, 6.45) is 2.90. The van der Waals surface area contributed by atoms with Gasteiger partial charge in [-0.3, -0.25) is 0 Å². The highest BCUT2D eigenvalue weighted by Gasteiger charge is 2.45. The predicted octanol–water partition coefficient (Wildman–Crippen LogP) is 3.67. The standard InChI is InChI=1S/C22H30N2O3/c1-7-8-20-14(2)23-12-11-17-13-18(26-5)9-10-19(17)21(23)15(3)24(20)16(4)22(25)27-6/h9-10,13,15,20-21H,2,4,7-8,11-12H2,1,3,5-6H3. The fourth-order valence-electron chi connectivity index (χ4n) is 4.63. The lowest BCUT2D eigenvalue weighted by Crippen LogP contribution is -2.59. The van der Waals surface area contributed by atoms with Crippen LogP contribution in [-0.2, 0) is 16.0 Å². The molecule has 2 aliphatic heterocycles.